The summed E-state index contributed by atoms with van der Waals surface area (Å²) in [6.07, 6.45) is 1.80. The van der Waals surface area contributed by atoms with Crippen LogP contribution in [0.2, 0.25) is 0 Å². The van der Waals surface area contributed by atoms with Crippen LogP contribution < -0.4 is 10.1 Å². The van der Waals surface area contributed by atoms with Crippen LogP contribution in [-0.4, -0.2) is 18.6 Å². The summed E-state index contributed by atoms with van der Waals surface area (Å²) in [4.78, 5) is 4.50. The average molecular weight is 400 g/mol. The first kappa shape index (κ1) is 15.5. The highest BCUT2D eigenvalue weighted by Crippen LogP contribution is 2.29. The molecule has 20 heavy (non-hydrogen) atoms. The Morgan fingerprint density at radius 1 is 1.25 bits per heavy atom. The van der Waals surface area contributed by atoms with Crippen LogP contribution >= 0.6 is 31.9 Å². The SMILES string of the molecule is CCOc1ccc(C(NC)c2ncc(Br)cc2Br)cc1. The summed E-state index contributed by atoms with van der Waals surface area (Å²) in [6.45, 7) is 2.65. The zero-order chi connectivity index (χ0) is 14.5. The molecule has 0 aliphatic heterocycles. The van der Waals surface area contributed by atoms with Gasteiger partial charge in [-0.1, -0.05) is 12.1 Å². The van der Waals surface area contributed by atoms with Gasteiger partial charge in [-0.15, -0.1) is 0 Å². The van der Waals surface area contributed by atoms with Crippen LogP contribution in [-0.2, 0) is 0 Å². The standard InChI is InChI=1S/C15H16Br2N2O/c1-3-20-12-6-4-10(5-7-12)14(18-2)15-13(17)8-11(16)9-19-15/h4-9,14,18H,3H2,1-2H3. The van der Waals surface area contributed by atoms with Crippen molar-refractivity contribution >= 4 is 31.9 Å². The molecule has 1 aromatic carbocycles. The van der Waals surface area contributed by atoms with E-state index in [1.807, 2.05) is 32.2 Å². The highest BCUT2D eigenvalue weighted by Gasteiger charge is 2.16. The van der Waals surface area contributed by atoms with Gasteiger partial charge in [-0.3, -0.25) is 4.98 Å². The summed E-state index contributed by atoms with van der Waals surface area (Å²) >= 11 is 6.99. The third-order valence-electron chi connectivity index (χ3n) is 2.92. The molecule has 0 aliphatic carbocycles. The smallest absolute Gasteiger partial charge is 0.119 e. The zero-order valence-electron chi connectivity index (χ0n) is 11.4. The van der Waals surface area contributed by atoms with Gasteiger partial charge in [-0.05, 0) is 69.6 Å². The largest absolute Gasteiger partial charge is 0.494 e. The van der Waals surface area contributed by atoms with E-state index in [1.54, 1.807) is 6.20 Å². The molecule has 2 rings (SSSR count). The Bertz CT molecular complexity index is 573. The fourth-order valence-corrected chi connectivity index (χ4v) is 3.24. The minimum atomic E-state index is 0.0353. The molecule has 0 bridgehead atoms. The lowest BCUT2D eigenvalue weighted by Crippen LogP contribution is -2.19. The highest BCUT2D eigenvalue weighted by atomic mass is 79.9. The summed E-state index contributed by atoms with van der Waals surface area (Å²) in [5.41, 5.74) is 2.10. The lowest BCUT2D eigenvalue weighted by Gasteiger charge is -2.18. The van der Waals surface area contributed by atoms with Crippen LogP contribution in [0.3, 0.4) is 0 Å². The Kier molecular flexibility index (Phi) is 5.57. The Balaban J connectivity index is 2.31. The molecule has 0 amide bonds. The van der Waals surface area contributed by atoms with Crippen molar-refractivity contribution in [1.82, 2.24) is 10.3 Å². The number of ether oxygens (including phenoxy) is 1. The lowest BCUT2D eigenvalue weighted by molar-refractivity contribution is 0.340. The monoisotopic (exact) mass is 398 g/mol. The molecule has 0 spiro atoms. The van der Waals surface area contributed by atoms with Gasteiger partial charge in [0.1, 0.15) is 5.75 Å². The van der Waals surface area contributed by atoms with Crippen molar-refractivity contribution in [3.05, 3.63) is 56.7 Å². The molecule has 0 saturated carbocycles. The maximum Gasteiger partial charge on any atom is 0.119 e. The van der Waals surface area contributed by atoms with Gasteiger partial charge in [0.25, 0.3) is 0 Å². The number of hydrogen-bond acceptors (Lipinski definition) is 3. The number of rotatable bonds is 5. The van der Waals surface area contributed by atoms with E-state index in [0.717, 1.165) is 26.0 Å². The van der Waals surface area contributed by atoms with E-state index in [0.29, 0.717) is 6.61 Å². The maximum absolute atomic E-state index is 5.47. The van der Waals surface area contributed by atoms with E-state index >= 15 is 0 Å². The van der Waals surface area contributed by atoms with Crippen LogP contribution in [0.15, 0.2) is 45.5 Å². The predicted octanol–water partition coefficient (Wildman–Crippen LogP) is 4.31. The van der Waals surface area contributed by atoms with E-state index in [-0.39, 0.29) is 6.04 Å². The number of halogens is 2. The number of nitrogens with zero attached hydrogens (tertiary/aromatic N) is 1. The van der Waals surface area contributed by atoms with Gasteiger partial charge in [0.05, 0.1) is 18.3 Å². The molecule has 1 N–H and O–H groups in total. The molecule has 5 heteroatoms. The fourth-order valence-electron chi connectivity index (χ4n) is 2.02. The first-order valence-corrected chi connectivity index (χ1v) is 7.95. The molecule has 0 saturated heterocycles. The van der Waals surface area contributed by atoms with Crippen molar-refractivity contribution in [1.29, 1.82) is 0 Å². The zero-order valence-corrected chi connectivity index (χ0v) is 14.5. The Hall–Kier alpha value is -0.910. The van der Waals surface area contributed by atoms with Gasteiger partial charge < -0.3 is 10.1 Å². The molecular formula is C15H16Br2N2O. The van der Waals surface area contributed by atoms with Crippen molar-refractivity contribution < 1.29 is 4.74 Å². The van der Waals surface area contributed by atoms with Crippen LogP contribution in [0.4, 0.5) is 0 Å². The maximum atomic E-state index is 5.47. The Morgan fingerprint density at radius 2 is 1.95 bits per heavy atom. The number of nitrogens with one attached hydrogen (secondary N) is 1. The van der Waals surface area contributed by atoms with Gasteiger partial charge in [0.2, 0.25) is 0 Å². The van der Waals surface area contributed by atoms with Crippen LogP contribution in [0, 0.1) is 0 Å². The third-order valence-corrected chi connectivity index (χ3v) is 3.99. The summed E-state index contributed by atoms with van der Waals surface area (Å²) in [5.74, 6) is 0.883. The number of hydrogen-bond donors (Lipinski definition) is 1. The Labute approximate surface area is 136 Å². The molecular weight excluding hydrogens is 384 g/mol. The number of aromatic nitrogens is 1. The van der Waals surface area contributed by atoms with E-state index in [2.05, 4.69) is 54.3 Å². The number of benzene rings is 1. The van der Waals surface area contributed by atoms with Crippen LogP contribution in [0.5, 0.6) is 5.75 Å². The second-order valence-corrected chi connectivity index (χ2v) is 6.01. The van der Waals surface area contributed by atoms with Gasteiger partial charge in [0.15, 0.2) is 0 Å². The van der Waals surface area contributed by atoms with Crippen LogP contribution in [0.1, 0.15) is 24.2 Å². The lowest BCUT2D eigenvalue weighted by atomic mass is 10.0. The predicted molar refractivity (Wildman–Crippen MR) is 88.2 cm³/mol. The Morgan fingerprint density at radius 3 is 2.50 bits per heavy atom. The number of pyridine rings is 1. The molecule has 1 aromatic heterocycles. The van der Waals surface area contributed by atoms with Crippen molar-refractivity contribution in [2.75, 3.05) is 13.7 Å². The second kappa shape index (κ2) is 7.20. The van der Waals surface area contributed by atoms with Crippen molar-refractivity contribution in [3.8, 4) is 5.75 Å². The molecule has 1 atom stereocenters. The first-order valence-electron chi connectivity index (χ1n) is 6.36. The van der Waals surface area contributed by atoms with Gasteiger partial charge in [-0.25, -0.2) is 0 Å². The van der Waals surface area contributed by atoms with Gasteiger partial charge in [-0.2, -0.15) is 0 Å². The molecule has 0 radical (unpaired) electrons. The molecule has 0 fully saturated rings. The van der Waals surface area contributed by atoms with E-state index in [4.69, 9.17) is 4.74 Å². The molecule has 106 valence electrons. The molecule has 1 unspecified atom stereocenters. The summed E-state index contributed by atoms with van der Waals surface area (Å²) < 4.78 is 7.39. The quantitative estimate of drug-likeness (QED) is 0.813. The van der Waals surface area contributed by atoms with E-state index in [1.165, 1.54) is 0 Å². The van der Waals surface area contributed by atoms with E-state index in [9.17, 15) is 0 Å². The van der Waals surface area contributed by atoms with Crippen LogP contribution in [0.25, 0.3) is 0 Å². The minimum Gasteiger partial charge on any atom is -0.494 e. The summed E-state index contributed by atoms with van der Waals surface area (Å²) in [7, 11) is 1.93. The first-order chi connectivity index (χ1) is 9.65. The third kappa shape index (κ3) is 3.59. The normalized spacial score (nSPS) is 12.2. The molecule has 1 heterocycles. The fraction of sp³-hybridized carbons (Fsp3) is 0.267. The average Bonchev–Trinajstić information content (AvgIpc) is 2.44. The molecule has 0 aliphatic rings. The minimum absolute atomic E-state index is 0.0353. The summed E-state index contributed by atoms with van der Waals surface area (Å²) in [5, 5.41) is 3.30. The van der Waals surface area contributed by atoms with Crippen molar-refractivity contribution in [3.63, 3.8) is 0 Å². The van der Waals surface area contributed by atoms with Crippen molar-refractivity contribution in [2.24, 2.45) is 0 Å². The topological polar surface area (TPSA) is 34.1 Å². The summed E-state index contributed by atoms with van der Waals surface area (Å²) in [6, 6.07) is 10.1. The highest BCUT2D eigenvalue weighted by molar-refractivity contribution is 9.11. The van der Waals surface area contributed by atoms with Gasteiger partial charge >= 0.3 is 0 Å². The van der Waals surface area contributed by atoms with E-state index < -0.39 is 0 Å². The van der Waals surface area contributed by atoms with Crippen molar-refractivity contribution in [2.45, 2.75) is 13.0 Å². The molecule has 3 nitrogen and oxygen atoms in total. The second-order valence-electron chi connectivity index (χ2n) is 4.24. The van der Waals surface area contributed by atoms with Gasteiger partial charge in [0, 0.05) is 15.1 Å². The molecule has 2 aromatic rings.